The highest BCUT2D eigenvalue weighted by Crippen LogP contribution is 2.27. The maximum absolute atomic E-state index is 11.8. The molecule has 1 heterocycles. The van der Waals surface area contributed by atoms with E-state index in [1.54, 1.807) is 0 Å². The number of hydrogen-bond acceptors (Lipinski definition) is 7. The molecule has 1 fully saturated rings. The maximum Gasteiger partial charge on any atom is 0.293 e. The molecule has 10 nitrogen and oxygen atoms in total. The number of nitro benzene ring substituents is 1. The van der Waals surface area contributed by atoms with Crippen molar-refractivity contribution in [1.82, 2.24) is 10.6 Å². The Morgan fingerprint density at radius 2 is 2.15 bits per heavy atom. The lowest BCUT2D eigenvalue weighted by Crippen LogP contribution is -2.28. The van der Waals surface area contributed by atoms with Crippen LogP contribution in [-0.4, -0.2) is 45.4 Å². The Kier molecular flexibility index (Phi) is 6.89. The Hall–Kier alpha value is -2.24. The lowest BCUT2D eigenvalue weighted by molar-refractivity contribution is -0.384. The number of anilines is 1. The number of nitrogens with zero attached hydrogens (tertiary/aromatic N) is 1. The second kappa shape index (κ2) is 8.92. The van der Waals surface area contributed by atoms with E-state index in [-0.39, 0.29) is 29.5 Å². The fraction of sp³-hybridized carbons (Fsp3) is 0.533. The van der Waals surface area contributed by atoms with Crippen molar-refractivity contribution in [2.24, 2.45) is 11.1 Å². The van der Waals surface area contributed by atoms with E-state index >= 15 is 0 Å². The van der Waals surface area contributed by atoms with Crippen molar-refractivity contribution in [3.8, 4) is 0 Å². The van der Waals surface area contributed by atoms with Gasteiger partial charge in [-0.25, -0.2) is 13.6 Å². The number of rotatable bonds is 9. The number of carbonyl (C=O) groups is 1. The Balaban J connectivity index is 1.82. The normalized spacial score (nSPS) is 17.0. The van der Waals surface area contributed by atoms with E-state index in [1.807, 2.05) is 0 Å². The third-order valence-electron chi connectivity index (χ3n) is 4.20. The summed E-state index contributed by atoms with van der Waals surface area (Å²) in [4.78, 5) is 21.9. The number of nitro groups is 1. The van der Waals surface area contributed by atoms with Gasteiger partial charge in [0.25, 0.3) is 5.69 Å². The van der Waals surface area contributed by atoms with Gasteiger partial charge in [-0.2, -0.15) is 0 Å². The fourth-order valence-electron chi connectivity index (χ4n) is 2.76. The highest BCUT2D eigenvalue weighted by atomic mass is 32.2. The van der Waals surface area contributed by atoms with Gasteiger partial charge in [-0.15, -0.1) is 0 Å². The Bertz CT molecular complexity index is 762. The maximum atomic E-state index is 11.8. The molecule has 0 spiro atoms. The highest BCUT2D eigenvalue weighted by molar-refractivity contribution is 7.89. The van der Waals surface area contributed by atoms with Gasteiger partial charge in [-0.3, -0.25) is 14.9 Å². The van der Waals surface area contributed by atoms with Crippen LogP contribution in [0.2, 0.25) is 0 Å². The zero-order valence-corrected chi connectivity index (χ0v) is 15.0. The van der Waals surface area contributed by atoms with Crippen molar-refractivity contribution >= 4 is 27.3 Å². The summed E-state index contributed by atoms with van der Waals surface area (Å²) in [6.45, 7) is 2.79. The molecule has 1 saturated heterocycles. The van der Waals surface area contributed by atoms with E-state index in [0.717, 1.165) is 32.0 Å². The molecule has 0 radical (unpaired) electrons. The summed E-state index contributed by atoms with van der Waals surface area (Å²) in [5.74, 6) is 0.445. The van der Waals surface area contributed by atoms with Crippen LogP contribution < -0.4 is 21.1 Å². The molecule has 1 aliphatic rings. The van der Waals surface area contributed by atoms with Crippen molar-refractivity contribution in [1.29, 1.82) is 0 Å². The lowest BCUT2D eigenvalue weighted by Gasteiger charge is -2.10. The molecule has 0 aliphatic carbocycles. The molecule has 11 heteroatoms. The van der Waals surface area contributed by atoms with Gasteiger partial charge < -0.3 is 16.0 Å². The van der Waals surface area contributed by atoms with Crippen LogP contribution in [0.4, 0.5) is 11.4 Å². The van der Waals surface area contributed by atoms with Crippen molar-refractivity contribution in [2.75, 3.05) is 31.5 Å². The van der Waals surface area contributed by atoms with Crippen LogP contribution in [0.1, 0.15) is 19.3 Å². The van der Waals surface area contributed by atoms with E-state index in [2.05, 4.69) is 16.0 Å². The zero-order valence-electron chi connectivity index (χ0n) is 14.2. The van der Waals surface area contributed by atoms with Crippen LogP contribution in [0.5, 0.6) is 0 Å². The van der Waals surface area contributed by atoms with Gasteiger partial charge in [0.1, 0.15) is 5.69 Å². The monoisotopic (exact) mass is 385 g/mol. The zero-order chi connectivity index (χ0) is 19.2. The van der Waals surface area contributed by atoms with Gasteiger partial charge in [-0.05, 0) is 44.0 Å². The quantitative estimate of drug-likeness (QED) is 0.348. The van der Waals surface area contributed by atoms with Gasteiger partial charge >= 0.3 is 0 Å². The molecule has 144 valence electrons. The SMILES string of the molecule is NS(=O)(=O)c1ccc(NCCC(=O)NCCC2CCNC2)c([N+](=O)[O-])c1. The number of benzene rings is 1. The number of hydrogen-bond donors (Lipinski definition) is 4. The van der Waals surface area contributed by atoms with Gasteiger partial charge in [-0.1, -0.05) is 0 Å². The summed E-state index contributed by atoms with van der Waals surface area (Å²) in [5.41, 5.74) is -0.280. The number of nitrogens with two attached hydrogens (primary N) is 1. The molecule has 1 atom stereocenters. The van der Waals surface area contributed by atoms with Crippen molar-refractivity contribution < 1.29 is 18.1 Å². The minimum absolute atomic E-state index is 0.132. The van der Waals surface area contributed by atoms with Crippen LogP contribution in [0.15, 0.2) is 23.1 Å². The first kappa shape index (κ1) is 20.1. The highest BCUT2D eigenvalue weighted by Gasteiger charge is 2.19. The predicted molar refractivity (Wildman–Crippen MR) is 96.2 cm³/mol. The second-order valence-electron chi connectivity index (χ2n) is 6.16. The molecule has 0 saturated carbocycles. The minimum atomic E-state index is -4.03. The molecule has 0 aromatic heterocycles. The molecule has 1 amide bonds. The average Bonchev–Trinajstić information content (AvgIpc) is 3.07. The van der Waals surface area contributed by atoms with Crippen molar-refractivity contribution in [2.45, 2.75) is 24.2 Å². The second-order valence-corrected chi connectivity index (χ2v) is 7.72. The molecule has 1 aliphatic heterocycles. The van der Waals surface area contributed by atoms with Crippen LogP contribution in [0.25, 0.3) is 0 Å². The van der Waals surface area contributed by atoms with Gasteiger partial charge in [0.2, 0.25) is 15.9 Å². The van der Waals surface area contributed by atoms with E-state index in [1.165, 1.54) is 12.1 Å². The first-order chi connectivity index (χ1) is 12.3. The molecule has 1 unspecified atom stereocenters. The lowest BCUT2D eigenvalue weighted by atomic mass is 10.1. The molecule has 5 N–H and O–H groups in total. The number of amides is 1. The summed E-state index contributed by atoms with van der Waals surface area (Å²) in [6.07, 6.45) is 2.19. The summed E-state index contributed by atoms with van der Waals surface area (Å²) in [7, 11) is -4.03. The average molecular weight is 385 g/mol. The Morgan fingerprint density at radius 3 is 2.77 bits per heavy atom. The van der Waals surface area contributed by atoms with Crippen LogP contribution in [0, 0.1) is 16.0 Å². The number of carbonyl (C=O) groups excluding carboxylic acids is 1. The van der Waals surface area contributed by atoms with Crippen molar-refractivity contribution in [3.05, 3.63) is 28.3 Å². The van der Waals surface area contributed by atoms with E-state index in [9.17, 15) is 23.3 Å². The van der Waals surface area contributed by atoms with Crippen LogP contribution >= 0.6 is 0 Å². The van der Waals surface area contributed by atoms with E-state index < -0.39 is 20.6 Å². The molecule has 26 heavy (non-hydrogen) atoms. The standard InChI is InChI=1S/C15H23N5O5S/c16-26(24,25)12-1-2-13(14(9-12)20(22)23)18-8-5-15(21)19-7-4-11-3-6-17-10-11/h1-2,9,11,17-18H,3-8,10H2,(H,19,21)(H2,16,24,25). The predicted octanol–water partition coefficient (Wildman–Crippen LogP) is 0.160. The van der Waals surface area contributed by atoms with Crippen LogP contribution in [-0.2, 0) is 14.8 Å². The summed E-state index contributed by atoms with van der Waals surface area (Å²) in [6, 6.07) is 3.34. The molecule has 0 bridgehead atoms. The van der Waals surface area contributed by atoms with E-state index in [0.29, 0.717) is 12.5 Å². The molecule has 2 rings (SSSR count). The summed E-state index contributed by atoms with van der Waals surface area (Å²) >= 11 is 0. The topological polar surface area (TPSA) is 156 Å². The summed E-state index contributed by atoms with van der Waals surface area (Å²) < 4.78 is 22.6. The first-order valence-electron chi connectivity index (χ1n) is 8.30. The largest absolute Gasteiger partial charge is 0.379 e. The van der Waals surface area contributed by atoms with Crippen molar-refractivity contribution in [3.63, 3.8) is 0 Å². The summed E-state index contributed by atoms with van der Waals surface area (Å²) in [5, 5.41) is 25.0. The van der Waals surface area contributed by atoms with E-state index in [4.69, 9.17) is 5.14 Å². The minimum Gasteiger partial charge on any atom is -0.379 e. The Morgan fingerprint density at radius 1 is 1.38 bits per heavy atom. The third kappa shape index (κ3) is 5.93. The van der Waals surface area contributed by atoms with Crippen LogP contribution in [0.3, 0.4) is 0 Å². The molecular formula is C15H23N5O5S. The fourth-order valence-corrected chi connectivity index (χ4v) is 3.30. The number of primary sulfonamides is 1. The van der Waals surface area contributed by atoms with Gasteiger partial charge in [0, 0.05) is 25.6 Å². The molecule has 1 aromatic carbocycles. The molecule has 1 aromatic rings. The van der Waals surface area contributed by atoms with Gasteiger partial charge in [0.05, 0.1) is 9.82 Å². The third-order valence-corrected chi connectivity index (χ3v) is 5.11. The number of sulfonamides is 1. The van der Waals surface area contributed by atoms with Gasteiger partial charge in [0.15, 0.2) is 0 Å². The first-order valence-corrected chi connectivity index (χ1v) is 9.84. The Labute approximate surface area is 151 Å². The smallest absolute Gasteiger partial charge is 0.293 e. The number of nitrogens with one attached hydrogen (secondary N) is 3. The molecular weight excluding hydrogens is 362 g/mol.